The first-order valence-electron chi connectivity index (χ1n) is 5.58. The standard InChI is InChI=1S/C12H16O/c13-12-10-6-3-7-11(12)9-5-2-1-4-8(9)10/h3,6,8-11H,1-2,4-5,7H2. The Hall–Kier alpha value is -0.590. The summed E-state index contributed by atoms with van der Waals surface area (Å²) >= 11 is 0. The highest BCUT2D eigenvalue weighted by Crippen LogP contribution is 2.50. The summed E-state index contributed by atoms with van der Waals surface area (Å²) in [7, 11) is 0. The molecule has 0 heterocycles. The first kappa shape index (κ1) is 7.78. The van der Waals surface area contributed by atoms with Crippen LogP contribution >= 0.6 is 0 Å². The van der Waals surface area contributed by atoms with Gasteiger partial charge in [0.2, 0.25) is 0 Å². The van der Waals surface area contributed by atoms with Crippen LogP contribution in [-0.4, -0.2) is 5.78 Å². The second-order valence-electron chi connectivity index (χ2n) is 4.81. The lowest BCUT2D eigenvalue weighted by Gasteiger charge is -2.27. The van der Waals surface area contributed by atoms with E-state index < -0.39 is 0 Å². The van der Waals surface area contributed by atoms with Crippen molar-refractivity contribution in [1.29, 1.82) is 0 Å². The molecule has 70 valence electrons. The zero-order valence-corrected chi connectivity index (χ0v) is 7.91. The molecule has 0 radical (unpaired) electrons. The van der Waals surface area contributed by atoms with Crippen LogP contribution in [0.1, 0.15) is 32.1 Å². The monoisotopic (exact) mass is 176 g/mol. The predicted molar refractivity (Wildman–Crippen MR) is 51.2 cm³/mol. The van der Waals surface area contributed by atoms with E-state index in [0.29, 0.717) is 17.6 Å². The molecule has 0 aromatic heterocycles. The van der Waals surface area contributed by atoms with E-state index in [2.05, 4.69) is 12.2 Å². The van der Waals surface area contributed by atoms with Crippen molar-refractivity contribution in [2.24, 2.45) is 23.7 Å². The first-order chi connectivity index (χ1) is 6.38. The number of Topliss-reactive ketones (excluding diaryl/α,β-unsaturated/α-hetero) is 1. The fourth-order valence-corrected chi connectivity index (χ4v) is 3.70. The van der Waals surface area contributed by atoms with Crippen molar-refractivity contribution in [3.63, 3.8) is 0 Å². The molecule has 0 saturated heterocycles. The smallest absolute Gasteiger partial charge is 0.143 e. The number of hydrogen-bond donors (Lipinski definition) is 0. The summed E-state index contributed by atoms with van der Waals surface area (Å²) in [4.78, 5) is 11.9. The van der Waals surface area contributed by atoms with Gasteiger partial charge in [0.15, 0.2) is 0 Å². The summed E-state index contributed by atoms with van der Waals surface area (Å²) in [5.74, 6) is 2.79. The third kappa shape index (κ3) is 0.962. The van der Waals surface area contributed by atoms with E-state index in [0.717, 1.165) is 18.3 Å². The van der Waals surface area contributed by atoms with E-state index in [4.69, 9.17) is 0 Å². The van der Waals surface area contributed by atoms with E-state index >= 15 is 0 Å². The van der Waals surface area contributed by atoms with Gasteiger partial charge in [-0.1, -0.05) is 25.0 Å². The zero-order chi connectivity index (χ0) is 8.84. The van der Waals surface area contributed by atoms with Gasteiger partial charge < -0.3 is 0 Å². The Kier molecular flexibility index (Phi) is 1.61. The van der Waals surface area contributed by atoms with Crippen molar-refractivity contribution in [2.45, 2.75) is 32.1 Å². The molecule has 0 aromatic rings. The first-order valence-corrected chi connectivity index (χ1v) is 5.58. The Morgan fingerprint density at radius 3 is 2.77 bits per heavy atom. The Labute approximate surface area is 79.2 Å². The molecule has 2 fully saturated rings. The molecule has 3 rings (SSSR count). The Morgan fingerprint density at radius 1 is 1.15 bits per heavy atom. The van der Waals surface area contributed by atoms with Gasteiger partial charge in [0.05, 0.1) is 0 Å². The average molecular weight is 176 g/mol. The lowest BCUT2D eigenvalue weighted by molar-refractivity contribution is -0.123. The highest BCUT2D eigenvalue weighted by molar-refractivity contribution is 5.89. The third-order valence-corrected chi connectivity index (χ3v) is 4.28. The molecule has 4 unspecified atom stereocenters. The third-order valence-electron chi connectivity index (χ3n) is 4.28. The minimum Gasteiger partial charge on any atom is -0.299 e. The van der Waals surface area contributed by atoms with Gasteiger partial charge in [-0.25, -0.2) is 0 Å². The maximum absolute atomic E-state index is 11.9. The van der Waals surface area contributed by atoms with Crippen LogP contribution < -0.4 is 0 Å². The summed E-state index contributed by atoms with van der Waals surface area (Å²) in [6.07, 6.45) is 10.8. The number of allylic oxidation sites excluding steroid dienone is 2. The molecule has 4 atom stereocenters. The Bertz CT molecular complexity index is 266. The van der Waals surface area contributed by atoms with Gasteiger partial charge in [-0.3, -0.25) is 4.79 Å². The second-order valence-corrected chi connectivity index (χ2v) is 4.81. The van der Waals surface area contributed by atoms with E-state index in [-0.39, 0.29) is 0 Å². The Morgan fingerprint density at radius 2 is 1.92 bits per heavy atom. The molecule has 1 nitrogen and oxygen atoms in total. The molecular formula is C12H16O. The van der Waals surface area contributed by atoms with Crippen molar-refractivity contribution in [2.75, 3.05) is 0 Å². The molecule has 3 aliphatic rings. The number of rotatable bonds is 0. The summed E-state index contributed by atoms with van der Waals surface area (Å²) < 4.78 is 0. The second kappa shape index (κ2) is 2.70. The van der Waals surface area contributed by atoms with Gasteiger partial charge >= 0.3 is 0 Å². The lowest BCUT2D eigenvalue weighted by Crippen LogP contribution is -2.20. The number of carbonyl (C=O) groups excluding carboxylic acids is 1. The molecular weight excluding hydrogens is 160 g/mol. The molecule has 1 heteroatoms. The van der Waals surface area contributed by atoms with Gasteiger partial charge in [0, 0.05) is 11.8 Å². The minimum atomic E-state index is 0.323. The molecule has 0 aromatic carbocycles. The normalized spacial score (nSPS) is 47.8. The molecule has 0 spiro atoms. The van der Waals surface area contributed by atoms with Crippen molar-refractivity contribution in [3.05, 3.63) is 12.2 Å². The van der Waals surface area contributed by atoms with E-state index in [1.165, 1.54) is 25.7 Å². The molecule has 0 amide bonds. The molecule has 2 saturated carbocycles. The van der Waals surface area contributed by atoms with Crippen LogP contribution in [0.25, 0.3) is 0 Å². The lowest BCUT2D eigenvalue weighted by atomic mass is 9.76. The fourth-order valence-electron chi connectivity index (χ4n) is 3.70. The van der Waals surface area contributed by atoms with Crippen LogP contribution in [0.3, 0.4) is 0 Å². The van der Waals surface area contributed by atoms with Gasteiger partial charge in [-0.05, 0) is 31.1 Å². The average Bonchev–Trinajstić information content (AvgIpc) is 2.36. The largest absolute Gasteiger partial charge is 0.299 e. The van der Waals surface area contributed by atoms with Crippen LogP contribution in [0.5, 0.6) is 0 Å². The van der Waals surface area contributed by atoms with Crippen LogP contribution in [0.2, 0.25) is 0 Å². The topological polar surface area (TPSA) is 17.1 Å². The van der Waals surface area contributed by atoms with Crippen molar-refractivity contribution >= 4 is 5.78 Å². The maximum Gasteiger partial charge on any atom is 0.143 e. The molecule has 13 heavy (non-hydrogen) atoms. The maximum atomic E-state index is 11.9. The Balaban J connectivity index is 1.97. The summed E-state index contributed by atoms with van der Waals surface area (Å²) in [5, 5.41) is 0. The number of ketones is 1. The van der Waals surface area contributed by atoms with Crippen LogP contribution in [0, 0.1) is 23.7 Å². The van der Waals surface area contributed by atoms with Gasteiger partial charge in [0.1, 0.15) is 5.78 Å². The van der Waals surface area contributed by atoms with E-state index in [1.54, 1.807) is 0 Å². The zero-order valence-electron chi connectivity index (χ0n) is 7.91. The van der Waals surface area contributed by atoms with Crippen LogP contribution in [0.4, 0.5) is 0 Å². The summed E-state index contributed by atoms with van der Waals surface area (Å²) in [6.45, 7) is 0. The molecule has 0 N–H and O–H groups in total. The van der Waals surface area contributed by atoms with Gasteiger partial charge in [-0.15, -0.1) is 0 Å². The van der Waals surface area contributed by atoms with Crippen LogP contribution in [-0.2, 0) is 4.79 Å². The summed E-state index contributed by atoms with van der Waals surface area (Å²) in [6, 6.07) is 0. The molecule has 3 aliphatic carbocycles. The highest BCUT2D eigenvalue weighted by Gasteiger charge is 2.49. The van der Waals surface area contributed by atoms with Crippen molar-refractivity contribution in [1.82, 2.24) is 0 Å². The van der Waals surface area contributed by atoms with Crippen molar-refractivity contribution < 1.29 is 4.79 Å². The predicted octanol–water partition coefficient (Wildman–Crippen LogP) is 2.57. The molecule has 2 bridgehead atoms. The highest BCUT2D eigenvalue weighted by atomic mass is 16.1. The number of carbonyl (C=O) groups is 1. The van der Waals surface area contributed by atoms with Crippen LogP contribution in [0.15, 0.2) is 12.2 Å². The van der Waals surface area contributed by atoms with E-state index in [9.17, 15) is 4.79 Å². The number of hydrogen-bond acceptors (Lipinski definition) is 1. The van der Waals surface area contributed by atoms with Gasteiger partial charge in [0.25, 0.3) is 0 Å². The quantitative estimate of drug-likeness (QED) is 0.518. The van der Waals surface area contributed by atoms with Crippen molar-refractivity contribution in [3.8, 4) is 0 Å². The minimum absolute atomic E-state index is 0.323. The SMILES string of the molecule is O=C1C2C=CCC1C1CCCCC21. The van der Waals surface area contributed by atoms with Gasteiger partial charge in [-0.2, -0.15) is 0 Å². The van der Waals surface area contributed by atoms with E-state index in [1.807, 2.05) is 0 Å². The fraction of sp³-hybridized carbons (Fsp3) is 0.750. The molecule has 0 aliphatic heterocycles. The number of fused-ring (bicyclic) bond motifs is 5. The summed E-state index contributed by atoms with van der Waals surface area (Å²) in [5.41, 5.74) is 0.